The summed E-state index contributed by atoms with van der Waals surface area (Å²) in [4.78, 5) is 13.9. The van der Waals surface area contributed by atoms with Crippen molar-refractivity contribution >= 4 is 11.6 Å². The lowest BCUT2D eigenvalue weighted by atomic mass is 9.87. The molecule has 2 N–H and O–H groups in total. The lowest BCUT2D eigenvalue weighted by Gasteiger charge is -2.26. The second kappa shape index (κ2) is 6.27. The Morgan fingerprint density at radius 1 is 1.50 bits per heavy atom. The van der Waals surface area contributed by atoms with Gasteiger partial charge in [0.05, 0.1) is 12.8 Å². The number of rotatable bonds is 3. The lowest BCUT2D eigenvalue weighted by Crippen LogP contribution is -2.29. The maximum Gasteiger partial charge on any atom is 0.223 e. The first-order valence-corrected chi connectivity index (χ1v) is 7.25. The van der Waals surface area contributed by atoms with Crippen LogP contribution in [-0.4, -0.2) is 26.1 Å². The zero-order chi connectivity index (χ0) is 14.7. The Morgan fingerprint density at radius 3 is 2.85 bits per heavy atom. The van der Waals surface area contributed by atoms with Crippen molar-refractivity contribution in [3.8, 4) is 5.75 Å². The molecule has 1 aromatic carbocycles. The van der Waals surface area contributed by atoms with Crippen LogP contribution >= 0.6 is 0 Å². The molecule has 0 aromatic heterocycles. The number of hydrogen-bond donors (Lipinski definition) is 1. The Kier molecular flexibility index (Phi) is 4.65. The predicted molar refractivity (Wildman–Crippen MR) is 81.4 cm³/mol. The van der Waals surface area contributed by atoms with Crippen LogP contribution in [0.15, 0.2) is 12.1 Å². The average Bonchev–Trinajstić information content (AvgIpc) is 2.60. The van der Waals surface area contributed by atoms with Crippen LogP contribution in [0.4, 0.5) is 5.69 Å². The van der Waals surface area contributed by atoms with Gasteiger partial charge in [-0.2, -0.15) is 0 Å². The van der Waals surface area contributed by atoms with Gasteiger partial charge in [0.2, 0.25) is 5.91 Å². The second-order valence-corrected chi connectivity index (χ2v) is 5.43. The van der Waals surface area contributed by atoms with E-state index in [1.807, 2.05) is 11.0 Å². The van der Waals surface area contributed by atoms with E-state index < -0.39 is 0 Å². The minimum atomic E-state index is 0.0727. The van der Waals surface area contributed by atoms with Crippen molar-refractivity contribution < 1.29 is 9.53 Å². The Balaban J connectivity index is 2.63. The molecule has 4 heteroatoms. The highest BCUT2D eigenvalue weighted by Gasteiger charge is 2.28. The van der Waals surface area contributed by atoms with Gasteiger partial charge in [-0.25, -0.2) is 0 Å². The lowest BCUT2D eigenvalue weighted by molar-refractivity contribution is -0.116. The van der Waals surface area contributed by atoms with Gasteiger partial charge in [-0.15, -0.1) is 0 Å². The van der Waals surface area contributed by atoms with E-state index in [1.54, 1.807) is 14.0 Å². The summed E-state index contributed by atoms with van der Waals surface area (Å²) in [6.07, 6.45) is 3.02. The fourth-order valence-electron chi connectivity index (χ4n) is 3.20. The molecule has 0 saturated heterocycles. The van der Waals surface area contributed by atoms with Crippen molar-refractivity contribution in [3.63, 3.8) is 0 Å². The smallest absolute Gasteiger partial charge is 0.223 e. The molecule has 0 radical (unpaired) electrons. The second-order valence-electron chi connectivity index (χ2n) is 5.43. The number of nitrogens with zero attached hydrogens (tertiary/aromatic N) is 1. The van der Waals surface area contributed by atoms with Crippen molar-refractivity contribution in [2.75, 3.05) is 25.1 Å². The Bertz CT molecular complexity index is 499. The molecular weight excluding hydrogens is 252 g/mol. The van der Waals surface area contributed by atoms with E-state index in [2.05, 4.69) is 13.0 Å². The third-order valence-electron chi connectivity index (χ3n) is 4.13. The fourth-order valence-corrected chi connectivity index (χ4v) is 3.20. The Hall–Kier alpha value is -1.55. The number of nitrogens with two attached hydrogens (primary N) is 1. The molecule has 0 aliphatic carbocycles. The van der Waals surface area contributed by atoms with E-state index in [0.29, 0.717) is 12.5 Å². The maximum absolute atomic E-state index is 12.0. The molecule has 0 spiro atoms. The molecular formula is C16H24N2O2. The maximum atomic E-state index is 12.0. The van der Waals surface area contributed by atoms with E-state index >= 15 is 0 Å². The van der Waals surface area contributed by atoms with E-state index in [-0.39, 0.29) is 5.91 Å². The molecule has 2 rings (SSSR count). The van der Waals surface area contributed by atoms with Crippen LogP contribution in [0, 0.1) is 6.92 Å². The van der Waals surface area contributed by atoms with Gasteiger partial charge >= 0.3 is 0 Å². The quantitative estimate of drug-likeness (QED) is 0.923. The minimum absolute atomic E-state index is 0.0727. The van der Waals surface area contributed by atoms with Crippen molar-refractivity contribution in [1.82, 2.24) is 0 Å². The first-order chi connectivity index (χ1) is 9.60. The summed E-state index contributed by atoms with van der Waals surface area (Å²) in [7, 11) is 1.66. The average molecular weight is 276 g/mol. The third-order valence-corrected chi connectivity index (χ3v) is 4.13. The summed E-state index contributed by atoms with van der Waals surface area (Å²) in [6.45, 7) is 5.14. The first-order valence-electron chi connectivity index (χ1n) is 7.25. The van der Waals surface area contributed by atoms with Gasteiger partial charge in [-0.05, 0) is 55.8 Å². The van der Waals surface area contributed by atoms with Gasteiger partial charge in [0.15, 0.2) is 0 Å². The molecule has 1 atom stereocenters. The summed E-state index contributed by atoms with van der Waals surface area (Å²) in [5, 5.41) is 0. The standard InChI is InChI=1S/C16H24N2O2/c1-11-6-7-14(20-3)16-15(11)13(8-9-17)5-4-10-18(16)12(2)19/h6-7,13H,4-5,8-10,17H2,1-3H3. The van der Waals surface area contributed by atoms with E-state index in [9.17, 15) is 4.79 Å². The zero-order valence-corrected chi connectivity index (χ0v) is 12.6. The number of anilines is 1. The van der Waals surface area contributed by atoms with E-state index in [1.165, 1.54) is 11.1 Å². The third kappa shape index (κ3) is 2.66. The molecule has 0 saturated carbocycles. The normalized spacial score (nSPS) is 18.4. The van der Waals surface area contributed by atoms with Gasteiger partial charge in [0, 0.05) is 13.5 Å². The topological polar surface area (TPSA) is 55.6 Å². The first kappa shape index (κ1) is 14.9. The monoisotopic (exact) mass is 276 g/mol. The Morgan fingerprint density at radius 2 is 2.25 bits per heavy atom. The highest BCUT2D eigenvalue weighted by molar-refractivity contribution is 5.94. The predicted octanol–water partition coefficient (Wildman–Crippen LogP) is 2.58. The van der Waals surface area contributed by atoms with Crippen LogP contribution in [0.25, 0.3) is 0 Å². The number of hydrogen-bond acceptors (Lipinski definition) is 3. The summed E-state index contributed by atoms with van der Waals surface area (Å²) in [5.41, 5.74) is 9.18. The number of ether oxygens (including phenoxy) is 1. The van der Waals surface area contributed by atoms with Crippen LogP contribution in [0.1, 0.15) is 43.2 Å². The van der Waals surface area contributed by atoms with Gasteiger partial charge in [0.1, 0.15) is 5.75 Å². The molecule has 4 nitrogen and oxygen atoms in total. The number of methoxy groups -OCH3 is 1. The number of carbonyl (C=O) groups excluding carboxylic acids is 1. The highest BCUT2D eigenvalue weighted by atomic mass is 16.5. The van der Waals surface area contributed by atoms with Gasteiger partial charge in [-0.1, -0.05) is 6.07 Å². The number of fused-ring (bicyclic) bond motifs is 1. The summed E-state index contributed by atoms with van der Waals surface area (Å²) in [6, 6.07) is 4.03. The summed E-state index contributed by atoms with van der Waals surface area (Å²) < 4.78 is 5.50. The molecule has 110 valence electrons. The number of benzene rings is 1. The number of amides is 1. The summed E-state index contributed by atoms with van der Waals surface area (Å²) >= 11 is 0. The molecule has 1 heterocycles. The molecule has 1 aromatic rings. The van der Waals surface area contributed by atoms with Crippen LogP contribution in [0.3, 0.4) is 0 Å². The largest absolute Gasteiger partial charge is 0.495 e. The fraction of sp³-hybridized carbons (Fsp3) is 0.562. The van der Waals surface area contributed by atoms with Crippen molar-refractivity contribution in [3.05, 3.63) is 23.3 Å². The molecule has 1 amide bonds. The van der Waals surface area contributed by atoms with E-state index in [0.717, 1.165) is 37.2 Å². The van der Waals surface area contributed by atoms with Gasteiger partial charge in [-0.3, -0.25) is 4.79 Å². The molecule has 1 unspecified atom stereocenters. The molecule has 1 aliphatic rings. The number of aryl methyl sites for hydroxylation is 1. The van der Waals surface area contributed by atoms with Gasteiger partial charge in [0.25, 0.3) is 0 Å². The van der Waals surface area contributed by atoms with Crippen molar-refractivity contribution in [1.29, 1.82) is 0 Å². The molecule has 1 aliphatic heterocycles. The van der Waals surface area contributed by atoms with Crippen LogP contribution in [0.5, 0.6) is 5.75 Å². The van der Waals surface area contributed by atoms with Crippen LogP contribution < -0.4 is 15.4 Å². The molecule has 20 heavy (non-hydrogen) atoms. The van der Waals surface area contributed by atoms with Crippen molar-refractivity contribution in [2.45, 2.75) is 39.0 Å². The number of carbonyl (C=O) groups is 1. The molecule has 0 bridgehead atoms. The molecule has 0 fully saturated rings. The van der Waals surface area contributed by atoms with Gasteiger partial charge < -0.3 is 15.4 Å². The van der Waals surface area contributed by atoms with Crippen LogP contribution in [-0.2, 0) is 4.79 Å². The minimum Gasteiger partial charge on any atom is -0.495 e. The van der Waals surface area contributed by atoms with Crippen LogP contribution in [0.2, 0.25) is 0 Å². The summed E-state index contributed by atoms with van der Waals surface area (Å²) in [5.74, 6) is 1.27. The SMILES string of the molecule is COc1ccc(C)c2c1N(C(C)=O)CCCC2CCN. The van der Waals surface area contributed by atoms with E-state index in [4.69, 9.17) is 10.5 Å². The Labute approximate surface area is 120 Å². The highest BCUT2D eigenvalue weighted by Crippen LogP contribution is 2.43. The van der Waals surface area contributed by atoms with Crippen molar-refractivity contribution in [2.24, 2.45) is 5.73 Å². The zero-order valence-electron chi connectivity index (χ0n) is 12.6.